The van der Waals surface area contributed by atoms with Gasteiger partial charge in [0.2, 0.25) is 11.9 Å². The molecular formula is C27H30N8. The molecule has 0 amide bonds. The smallest absolute Gasteiger partial charge is 0.229 e. The Hall–Kier alpha value is -3.65. The molecule has 2 atom stereocenters. The highest BCUT2D eigenvalue weighted by Crippen LogP contribution is 2.36. The summed E-state index contributed by atoms with van der Waals surface area (Å²) >= 11 is 0. The summed E-state index contributed by atoms with van der Waals surface area (Å²) in [7, 11) is 0. The third kappa shape index (κ3) is 3.87. The lowest BCUT2D eigenvalue weighted by Crippen LogP contribution is -2.43. The van der Waals surface area contributed by atoms with Crippen molar-refractivity contribution in [1.82, 2.24) is 24.8 Å². The molecule has 1 saturated carbocycles. The number of nitrogens with one attached hydrogen (secondary N) is 3. The second kappa shape index (κ2) is 8.53. The Morgan fingerprint density at radius 1 is 0.857 bits per heavy atom. The lowest BCUT2D eigenvalue weighted by molar-refractivity contribution is 0.535. The van der Waals surface area contributed by atoms with Crippen molar-refractivity contribution >= 4 is 40.1 Å². The number of anilines is 5. The standard InChI is InChI=1S/C27H30N8/c1-2-6-18(7-3-1)31-27-32-24-16-29-26(33-25(24)35(27)22-8-4-5-9-22)30-19-10-12-21(13-11-19)34-17-20-14-23(34)15-28-20/h1-3,6-7,10-13,16,20,22-23,28H,4-5,8-9,14-15,17H2,(H,31,32)(H,29,30,33). The largest absolute Gasteiger partial charge is 0.366 e. The van der Waals surface area contributed by atoms with Gasteiger partial charge in [-0.3, -0.25) is 4.57 Å². The molecule has 35 heavy (non-hydrogen) atoms. The van der Waals surface area contributed by atoms with Gasteiger partial charge in [0.15, 0.2) is 5.65 Å². The molecule has 8 nitrogen and oxygen atoms in total. The Labute approximate surface area is 204 Å². The zero-order chi connectivity index (χ0) is 23.2. The number of imidazole rings is 1. The fourth-order valence-corrected chi connectivity index (χ4v) is 5.94. The first kappa shape index (κ1) is 20.7. The highest BCUT2D eigenvalue weighted by atomic mass is 15.3. The SMILES string of the molecule is c1ccc(Nc2nc3cnc(Nc4ccc(N5CC6CC5CN6)cc4)nc3n2C2CCCC2)cc1. The maximum Gasteiger partial charge on any atom is 0.229 e. The van der Waals surface area contributed by atoms with Crippen LogP contribution in [0, 0.1) is 0 Å². The van der Waals surface area contributed by atoms with Crippen LogP contribution in [0.5, 0.6) is 0 Å². The van der Waals surface area contributed by atoms with E-state index < -0.39 is 0 Å². The molecule has 2 aliphatic heterocycles. The molecule has 2 bridgehead atoms. The second-order valence-corrected chi connectivity index (χ2v) is 9.96. The van der Waals surface area contributed by atoms with E-state index >= 15 is 0 Å². The number of hydrogen-bond acceptors (Lipinski definition) is 7. The maximum absolute atomic E-state index is 4.93. The number of aromatic nitrogens is 4. The molecule has 3 aliphatic rings. The molecule has 4 heterocycles. The molecule has 7 rings (SSSR count). The van der Waals surface area contributed by atoms with E-state index in [1.165, 1.54) is 24.9 Å². The molecule has 0 spiro atoms. The van der Waals surface area contributed by atoms with Gasteiger partial charge < -0.3 is 20.9 Å². The Balaban J connectivity index is 1.17. The summed E-state index contributed by atoms with van der Waals surface area (Å²) in [6.45, 7) is 2.19. The van der Waals surface area contributed by atoms with Crippen molar-refractivity contribution in [2.24, 2.45) is 0 Å². The van der Waals surface area contributed by atoms with Crippen molar-refractivity contribution < 1.29 is 0 Å². The van der Waals surface area contributed by atoms with Crippen LogP contribution in [0.1, 0.15) is 38.1 Å². The van der Waals surface area contributed by atoms with E-state index in [0.29, 0.717) is 24.1 Å². The van der Waals surface area contributed by atoms with Gasteiger partial charge in [0.05, 0.1) is 6.20 Å². The van der Waals surface area contributed by atoms with Crippen molar-refractivity contribution in [3.8, 4) is 0 Å². The van der Waals surface area contributed by atoms with Crippen molar-refractivity contribution in [2.45, 2.75) is 50.2 Å². The average molecular weight is 467 g/mol. The summed E-state index contributed by atoms with van der Waals surface area (Å²) in [5.74, 6) is 1.43. The van der Waals surface area contributed by atoms with E-state index in [1.54, 1.807) is 0 Å². The predicted molar refractivity (Wildman–Crippen MR) is 140 cm³/mol. The number of rotatable bonds is 6. The molecule has 1 aliphatic carbocycles. The first-order valence-corrected chi connectivity index (χ1v) is 12.7. The minimum Gasteiger partial charge on any atom is -0.366 e. The third-order valence-electron chi connectivity index (χ3n) is 7.66. The van der Waals surface area contributed by atoms with Crippen LogP contribution in [0.15, 0.2) is 60.8 Å². The minimum atomic E-state index is 0.401. The van der Waals surface area contributed by atoms with Gasteiger partial charge in [-0.2, -0.15) is 4.98 Å². The summed E-state index contributed by atoms with van der Waals surface area (Å²) in [6, 6.07) is 20.5. The van der Waals surface area contributed by atoms with Crippen LogP contribution >= 0.6 is 0 Å². The van der Waals surface area contributed by atoms with Crippen LogP contribution in [0.3, 0.4) is 0 Å². The number of piperazine rings is 1. The molecule has 8 heteroatoms. The van der Waals surface area contributed by atoms with E-state index in [-0.39, 0.29) is 0 Å². The number of fused-ring (bicyclic) bond motifs is 3. The molecule has 3 fully saturated rings. The Kier molecular flexibility index (Phi) is 5.05. The summed E-state index contributed by atoms with van der Waals surface area (Å²) in [5, 5.41) is 10.5. The average Bonchev–Trinajstić information content (AvgIpc) is 3.69. The van der Waals surface area contributed by atoms with Gasteiger partial charge in [-0.25, -0.2) is 9.97 Å². The van der Waals surface area contributed by atoms with Crippen LogP contribution in [0.25, 0.3) is 11.2 Å². The number of hydrogen-bond donors (Lipinski definition) is 3. The third-order valence-corrected chi connectivity index (χ3v) is 7.66. The van der Waals surface area contributed by atoms with Gasteiger partial charge in [0, 0.05) is 48.3 Å². The monoisotopic (exact) mass is 466 g/mol. The van der Waals surface area contributed by atoms with Gasteiger partial charge >= 0.3 is 0 Å². The lowest BCUT2D eigenvalue weighted by Gasteiger charge is -2.29. The fraction of sp³-hybridized carbons (Fsp3) is 0.370. The normalized spacial score (nSPS) is 21.8. The summed E-state index contributed by atoms with van der Waals surface area (Å²) < 4.78 is 2.28. The first-order chi connectivity index (χ1) is 17.3. The second-order valence-electron chi connectivity index (χ2n) is 9.96. The molecule has 4 aromatic rings. The summed E-state index contributed by atoms with van der Waals surface area (Å²) in [5.41, 5.74) is 5.00. The predicted octanol–water partition coefficient (Wildman–Crippen LogP) is 4.98. The van der Waals surface area contributed by atoms with Gasteiger partial charge in [-0.1, -0.05) is 31.0 Å². The van der Waals surface area contributed by atoms with Crippen LogP contribution in [0.4, 0.5) is 29.0 Å². The molecule has 3 N–H and O–H groups in total. The van der Waals surface area contributed by atoms with Gasteiger partial charge in [-0.15, -0.1) is 0 Å². The van der Waals surface area contributed by atoms with Gasteiger partial charge in [-0.05, 0) is 55.7 Å². The van der Waals surface area contributed by atoms with Crippen LogP contribution in [-0.4, -0.2) is 44.7 Å². The van der Waals surface area contributed by atoms with E-state index in [2.05, 4.69) is 66.8 Å². The maximum atomic E-state index is 4.93. The quantitative estimate of drug-likeness (QED) is 0.370. The minimum absolute atomic E-state index is 0.401. The molecule has 0 radical (unpaired) electrons. The molecule has 178 valence electrons. The zero-order valence-electron chi connectivity index (χ0n) is 19.7. The Morgan fingerprint density at radius 2 is 1.66 bits per heavy atom. The summed E-state index contributed by atoms with van der Waals surface area (Å²) in [4.78, 5) is 16.9. The first-order valence-electron chi connectivity index (χ1n) is 12.7. The van der Waals surface area contributed by atoms with Crippen LogP contribution in [-0.2, 0) is 0 Å². The highest BCUT2D eigenvalue weighted by Gasteiger charge is 2.37. The van der Waals surface area contributed by atoms with Crippen molar-refractivity contribution in [3.05, 3.63) is 60.8 Å². The van der Waals surface area contributed by atoms with Gasteiger partial charge in [0.1, 0.15) is 5.52 Å². The molecule has 2 aromatic carbocycles. The number of benzene rings is 2. The summed E-state index contributed by atoms with van der Waals surface area (Å²) in [6.07, 6.45) is 7.87. The number of para-hydroxylation sites is 1. The van der Waals surface area contributed by atoms with Crippen molar-refractivity contribution in [2.75, 3.05) is 28.6 Å². The zero-order valence-corrected chi connectivity index (χ0v) is 19.7. The Bertz CT molecular complexity index is 1330. The highest BCUT2D eigenvalue weighted by molar-refractivity contribution is 5.77. The lowest BCUT2D eigenvalue weighted by atomic mass is 10.2. The van der Waals surface area contributed by atoms with Crippen LogP contribution < -0.4 is 20.9 Å². The van der Waals surface area contributed by atoms with Crippen molar-refractivity contribution in [1.29, 1.82) is 0 Å². The molecular weight excluding hydrogens is 436 g/mol. The van der Waals surface area contributed by atoms with E-state index in [9.17, 15) is 0 Å². The van der Waals surface area contributed by atoms with Gasteiger partial charge in [0.25, 0.3) is 0 Å². The topological polar surface area (TPSA) is 82.9 Å². The number of nitrogens with zero attached hydrogens (tertiary/aromatic N) is 5. The van der Waals surface area contributed by atoms with Crippen LogP contribution in [0.2, 0.25) is 0 Å². The molecule has 2 saturated heterocycles. The van der Waals surface area contributed by atoms with E-state index in [1.807, 2.05) is 24.4 Å². The Morgan fingerprint density at radius 3 is 2.40 bits per heavy atom. The van der Waals surface area contributed by atoms with E-state index in [4.69, 9.17) is 9.97 Å². The van der Waals surface area contributed by atoms with E-state index in [0.717, 1.165) is 54.4 Å². The van der Waals surface area contributed by atoms with Crippen molar-refractivity contribution in [3.63, 3.8) is 0 Å². The fourth-order valence-electron chi connectivity index (χ4n) is 5.94. The molecule has 2 aromatic heterocycles. The molecule has 2 unspecified atom stereocenters.